The zero-order chi connectivity index (χ0) is 42.8. The number of aromatic nitrogens is 1. The van der Waals surface area contributed by atoms with E-state index in [-0.39, 0.29) is 56.5 Å². The Hall–Kier alpha value is -4.71. The van der Waals surface area contributed by atoms with Gasteiger partial charge < -0.3 is 15.3 Å². The van der Waals surface area contributed by atoms with Crippen molar-refractivity contribution in [3.05, 3.63) is 53.2 Å². The van der Waals surface area contributed by atoms with Crippen molar-refractivity contribution in [3.8, 4) is 6.07 Å². The summed E-state index contributed by atoms with van der Waals surface area (Å²) in [6, 6.07) is 8.35. The molecule has 20 heteroatoms. The van der Waals surface area contributed by atoms with Gasteiger partial charge in [-0.05, 0) is 81.2 Å². The SMILES string of the molecule is CC1(C)C(=O)N(c2ccc(C#N)c(C(F)(F)F)c2)C(=S)N1C1CCCCC1.FC(F)F.O=C1CCC(c2ccnc(NC(=O)CN3CCN(CCO)CC3)c2)C(=O)N1.[HH].[HH]. The number of nitriles is 1. The molecule has 0 bridgehead atoms. The summed E-state index contributed by atoms with van der Waals surface area (Å²) in [7, 11) is 0. The maximum atomic E-state index is 13.3. The summed E-state index contributed by atoms with van der Waals surface area (Å²) in [6.45, 7) is 4.14. The Morgan fingerprint density at radius 2 is 1.69 bits per heavy atom. The first kappa shape index (κ1) is 46.0. The van der Waals surface area contributed by atoms with Crippen LogP contribution >= 0.6 is 12.2 Å². The van der Waals surface area contributed by atoms with Gasteiger partial charge in [-0.2, -0.15) is 31.6 Å². The number of piperidine rings is 1. The summed E-state index contributed by atoms with van der Waals surface area (Å²) >= 11 is 5.53. The van der Waals surface area contributed by atoms with Gasteiger partial charge in [0.2, 0.25) is 17.7 Å². The zero-order valence-electron chi connectivity index (χ0n) is 32.0. The third-order valence-corrected chi connectivity index (χ3v) is 10.7. The number of carbonyl (C=O) groups excluding carboxylic acids is 4. The number of amides is 4. The number of piperazine rings is 1. The van der Waals surface area contributed by atoms with Gasteiger partial charge in [-0.15, -0.1) is 0 Å². The zero-order valence-corrected chi connectivity index (χ0v) is 32.9. The average Bonchev–Trinajstić information content (AvgIpc) is 3.34. The maximum absolute atomic E-state index is 13.3. The van der Waals surface area contributed by atoms with Crippen LogP contribution in [0.2, 0.25) is 0 Å². The monoisotopic (exact) mass is 844 g/mol. The van der Waals surface area contributed by atoms with Crippen molar-refractivity contribution in [1.29, 1.82) is 5.26 Å². The summed E-state index contributed by atoms with van der Waals surface area (Å²) in [5, 5.41) is 23.3. The van der Waals surface area contributed by atoms with Crippen molar-refractivity contribution in [2.75, 3.05) is 56.1 Å². The molecule has 3 N–H and O–H groups in total. The summed E-state index contributed by atoms with van der Waals surface area (Å²) in [4.78, 5) is 60.1. The second-order valence-corrected chi connectivity index (χ2v) is 15.0. The van der Waals surface area contributed by atoms with Gasteiger partial charge in [-0.3, -0.25) is 39.2 Å². The highest BCUT2D eigenvalue weighted by Gasteiger charge is 2.52. The lowest BCUT2D eigenvalue weighted by atomic mass is 9.91. The lowest BCUT2D eigenvalue weighted by Crippen LogP contribution is -2.50. The number of aliphatic hydroxyl groups excluding tert-OH is 1. The summed E-state index contributed by atoms with van der Waals surface area (Å²) in [5.41, 5.74) is -1.68. The summed E-state index contributed by atoms with van der Waals surface area (Å²) in [5.74, 6) is -1.06. The van der Waals surface area contributed by atoms with E-state index in [2.05, 4.69) is 25.4 Å². The first-order valence-corrected chi connectivity index (χ1v) is 19.1. The number of aliphatic hydroxyl groups is 1. The number of benzene rings is 1. The van der Waals surface area contributed by atoms with E-state index >= 15 is 0 Å². The number of pyridine rings is 1. The molecule has 4 aliphatic rings. The third-order valence-electron chi connectivity index (χ3n) is 10.3. The molecule has 58 heavy (non-hydrogen) atoms. The number of imide groups is 1. The number of carbonyl (C=O) groups is 4. The van der Waals surface area contributed by atoms with Crippen molar-refractivity contribution >= 4 is 52.5 Å². The van der Waals surface area contributed by atoms with Crippen LogP contribution in [0.1, 0.15) is 84.3 Å². The third kappa shape index (κ3) is 11.9. The molecule has 1 aromatic heterocycles. The molecule has 4 fully saturated rings. The minimum Gasteiger partial charge on any atom is -0.395 e. The van der Waals surface area contributed by atoms with E-state index in [9.17, 15) is 45.5 Å². The van der Waals surface area contributed by atoms with Crippen molar-refractivity contribution in [1.82, 2.24) is 25.0 Å². The lowest BCUT2D eigenvalue weighted by Gasteiger charge is -2.39. The molecular weight excluding hydrogens is 795 g/mol. The Labute approximate surface area is 340 Å². The van der Waals surface area contributed by atoms with Crippen molar-refractivity contribution in [2.24, 2.45) is 0 Å². The second-order valence-electron chi connectivity index (χ2n) is 14.6. The van der Waals surface area contributed by atoms with E-state index in [4.69, 9.17) is 22.6 Å². The topological polar surface area (TPSA) is 162 Å². The fraction of sp³-hybridized carbons (Fsp3) is 0.553. The van der Waals surface area contributed by atoms with Crippen LogP contribution in [-0.4, -0.2) is 118 Å². The second kappa shape index (κ2) is 20.3. The molecular formula is C38H50F6N8O5S. The van der Waals surface area contributed by atoms with Crippen LogP contribution in [0.5, 0.6) is 0 Å². The van der Waals surface area contributed by atoms with E-state index in [1.807, 2.05) is 4.90 Å². The number of halogens is 6. The van der Waals surface area contributed by atoms with Crippen molar-refractivity contribution in [3.63, 3.8) is 0 Å². The highest BCUT2D eigenvalue weighted by atomic mass is 32.1. The first-order chi connectivity index (χ1) is 27.4. The number of hydrogen-bond donors (Lipinski definition) is 3. The summed E-state index contributed by atoms with van der Waals surface area (Å²) in [6.07, 6.45) is 2.68. The van der Waals surface area contributed by atoms with Crippen LogP contribution in [0.25, 0.3) is 0 Å². The number of nitrogens with one attached hydrogen (secondary N) is 2. The smallest absolute Gasteiger partial charge is 0.395 e. The van der Waals surface area contributed by atoms with Crippen LogP contribution in [0.15, 0.2) is 36.5 Å². The molecule has 1 saturated carbocycles. The van der Waals surface area contributed by atoms with Gasteiger partial charge in [0.25, 0.3) is 5.91 Å². The molecule has 1 atom stereocenters. The van der Waals surface area contributed by atoms with Crippen LogP contribution in [0.3, 0.4) is 0 Å². The largest absolute Gasteiger partial charge is 0.417 e. The van der Waals surface area contributed by atoms with E-state index in [0.717, 1.165) is 76.0 Å². The molecule has 0 spiro atoms. The van der Waals surface area contributed by atoms with Crippen molar-refractivity contribution in [2.45, 2.75) is 89.1 Å². The molecule has 1 unspecified atom stereocenters. The molecule has 2 aromatic rings. The van der Waals surface area contributed by atoms with Gasteiger partial charge >= 0.3 is 12.9 Å². The van der Waals surface area contributed by atoms with Crippen LogP contribution in [-0.2, 0) is 25.4 Å². The molecule has 3 aliphatic heterocycles. The van der Waals surface area contributed by atoms with E-state index < -0.39 is 35.4 Å². The Morgan fingerprint density at radius 3 is 2.28 bits per heavy atom. The van der Waals surface area contributed by atoms with E-state index in [1.54, 1.807) is 38.2 Å². The molecule has 3 saturated heterocycles. The molecule has 13 nitrogen and oxygen atoms in total. The maximum Gasteiger partial charge on any atom is 0.417 e. The highest BCUT2D eigenvalue weighted by Crippen LogP contribution is 2.40. The number of thiocarbonyl (C=S) groups is 1. The number of nitrogens with zero attached hydrogens (tertiary/aromatic N) is 6. The molecule has 4 amide bonds. The quantitative estimate of drug-likeness (QED) is 0.176. The predicted molar refractivity (Wildman–Crippen MR) is 208 cm³/mol. The van der Waals surface area contributed by atoms with Crippen LogP contribution < -0.4 is 15.5 Å². The van der Waals surface area contributed by atoms with Crippen LogP contribution in [0.4, 0.5) is 37.8 Å². The minimum absolute atomic E-state index is 0. The molecule has 0 radical (unpaired) electrons. The van der Waals surface area contributed by atoms with Gasteiger partial charge in [0.15, 0.2) is 5.11 Å². The molecule has 320 valence electrons. The van der Waals surface area contributed by atoms with Crippen molar-refractivity contribution < 1.29 is 53.5 Å². The summed E-state index contributed by atoms with van der Waals surface area (Å²) < 4.78 is 69.0. The van der Waals surface area contributed by atoms with Gasteiger partial charge in [-0.1, -0.05) is 19.3 Å². The molecule has 1 aliphatic carbocycles. The number of alkyl halides is 6. The number of β-amino-alcohol motifs (C(OH)–C–C–N with tert-alkyl or cyclic N) is 1. The normalized spacial score (nSPS) is 20.5. The molecule has 6 rings (SSSR count). The Balaban J connectivity index is 0.000000368. The Bertz CT molecular complexity index is 1860. The number of rotatable bonds is 8. The average molecular weight is 845 g/mol. The van der Waals surface area contributed by atoms with Gasteiger partial charge in [0.1, 0.15) is 11.4 Å². The highest BCUT2D eigenvalue weighted by molar-refractivity contribution is 7.80. The molecule has 1 aromatic carbocycles. The van der Waals surface area contributed by atoms with Gasteiger partial charge in [-0.25, -0.2) is 4.98 Å². The predicted octanol–water partition coefficient (Wildman–Crippen LogP) is 5.44. The van der Waals surface area contributed by atoms with E-state index in [1.165, 1.54) is 11.0 Å². The Morgan fingerprint density at radius 1 is 1.05 bits per heavy atom. The minimum atomic E-state index is -4.69. The van der Waals surface area contributed by atoms with Gasteiger partial charge in [0.05, 0.1) is 42.0 Å². The first-order valence-electron chi connectivity index (χ1n) is 18.7. The Kier molecular flexibility index (Phi) is 16.1. The number of hydrogen-bond acceptors (Lipinski definition) is 10. The standard InChI is InChI=1S/C19H20F3N3OS.C18H25N5O4.CHF3.2H2/c1-18(2)16(26)24(17(27)25(18)13-6-4-3-5-7-13)14-9-8-12(11-23)15(10-14)19(20,21)22;24-10-9-22-5-7-23(8-6-22)12-17(26)20-15-11-13(3-4-19-15)14-1-2-16(25)21-18(14)27;2-1(3)4;;/h8-10,13H,3-7H2,1-2H3;3-4,11,14,24H,1-2,5-10,12H2,(H,19,20,26)(H,21,25,27);1H;2*1H. The van der Waals surface area contributed by atoms with Crippen LogP contribution in [0, 0.1) is 11.3 Å². The molecule has 4 heterocycles. The van der Waals surface area contributed by atoms with Gasteiger partial charge in [0, 0.05) is 54.2 Å². The van der Waals surface area contributed by atoms with E-state index in [0.29, 0.717) is 25.2 Å². The lowest BCUT2D eigenvalue weighted by molar-refractivity contribution is -0.138. The fourth-order valence-corrected chi connectivity index (χ4v) is 8.00. The number of anilines is 2. The fourth-order valence-electron chi connectivity index (χ4n) is 7.43.